The van der Waals surface area contributed by atoms with Crippen molar-refractivity contribution in [3.8, 4) is 5.75 Å². The van der Waals surface area contributed by atoms with Gasteiger partial charge in [0.05, 0.1) is 15.2 Å². The van der Waals surface area contributed by atoms with E-state index in [1.54, 1.807) is 7.11 Å². The molecular weight excluding hydrogens is 284 g/mol. The van der Waals surface area contributed by atoms with E-state index in [0.29, 0.717) is 5.54 Å². The molecule has 1 nitrogen and oxygen atoms in total. The highest BCUT2D eigenvalue weighted by Gasteiger charge is 2.33. The molecule has 0 spiro atoms. The molecule has 2 rings (SSSR count). The fourth-order valence-electron chi connectivity index (χ4n) is 3.10. The second-order valence-corrected chi connectivity index (χ2v) is 11.0. The van der Waals surface area contributed by atoms with Crippen LogP contribution in [-0.4, -0.2) is 15.2 Å². The molecule has 2 heteroatoms. The van der Waals surface area contributed by atoms with Crippen molar-refractivity contribution in [2.75, 3.05) is 7.11 Å². The van der Waals surface area contributed by atoms with Gasteiger partial charge in [0.15, 0.2) is 0 Å². The van der Waals surface area contributed by atoms with Crippen LogP contribution in [0, 0.1) is 6.92 Å². The quantitative estimate of drug-likeness (QED) is 0.568. The van der Waals surface area contributed by atoms with Crippen LogP contribution in [0.5, 0.6) is 5.75 Å². The highest BCUT2D eigenvalue weighted by molar-refractivity contribution is 6.91. The van der Waals surface area contributed by atoms with Crippen LogP contribution >= 0.6 is 0 Å². The number of rotatable bonds is 5. The van der Waals surface area contributed by atoms with Crippen molar-refractivity contribution in [1.82, 2.24) is 0 Å². The fourth-order valence-corrected chi connectivity index (χ4v) is 6.28. The van der Waals surface area contributed by atoms with Crippen LogP contribution in [0.4, 0.5) is 0 Å². The molecule has 2 aromatic rings. The summed E-state index contributed by atoms with van der Waals surface area (Å²) in [5, 5.41) is 1.49. The molecular formula is C20H26OSi. The fraction of sp³-hybridized carbons (Fsp3) is 0.300. The van der Waals surface area contributed by atoms with E-state index in [1.807, 2.05) is 0 Å². The predicted molar refractivity (Wildman–Crippen MR) is 98.8 cm³/mol. The minimum Gasteiger partial charge on any atom is -0.497 e. The third-order valence-electron chi connectivity index (χ3n) is 4.49. The molecule has 22 heavy (non-hydrogen) atoms. The SMILES string of the molecule is C/C=C/[C@@H](c1ccc(OC)cc1C)[Si](C)(C)c1ccccc1. The molecule has 1 atom stereocenters. The summed E-state index contributed by atoms with van der Waals surface area (Å²) in [5.74, 6) is 0.930. The van der Waals surface area contributed by atoms with E-state index in [9.17, 15) is 0 Å². The minimum atomic E-state index is -1.66. The third-order valence-corrected chi connectivity index (χ3v) is 8.37. The highest BCUT2D eigenvalue weighted by Crippen LogP contribution is 2.32. The minimum absolute atomic E-state index is 0.464. The molecule has 0 saturated carbocycles. The summed E-state index contributed by atoms with van der Waals surface area (Å²) in [6.45, 7) is 9.21. The monoisotopic (exact) mass is 310 g/mol. The van der Waals surface area contributed by atoms with Crippen molar-refractivity contribution in [3.63, 3.8) is 0 Å². The van der Waals surface area contributed by atoms with E-state index in [4.69, 9.17) is 4.74 Å². The summed E-state index contributed by atoms with van der Waals surface area (Å²) in [7, 11) is 0.0655. The van der Waals surface area contributed by atoms with Gasteiger partial charge < -0.3 is 4.74 Å². The van der Waals surface area contributed by atoms with Gasteiger partial charge in [-0.15, -0.1) is 0 Å². The Balaban J connectivity index is 2.51. The number of aryl methyl sites for hydroxylation is 1. The second-order valence-electron chi connectivity index (χ2n) is 6.31. The molecule has 0 amide bonds. The summed E-state index contributed by atoms with van der Waals surface area (Å²) < 4.78 is 5.35. The number of benzene rings is 2. The van der Waals surface area contributed by atoms with Crippen LogP contribution in [0.2, 0.25) is 13.1 Å². The zero-order valence-electron chi connectivity index (χ0n) is 14.3. The summed E-state index contributed by atoms with van der Waals surface area (Å²) in [6.07, 6.45) is 4.56. The average Bonchev–Trinajstić information content (AvgIpc) is 2.53. The molecule has 2 aromatic carbocycles. The third kappa shape index (κ3) is 3.33. The molecule has 0 heterocycles. The maximum absolute atomic E-state index is 5.35. The lowest BCUT2D eigenvalue weighted by molar-refractivity contribution is 0.414. The Labute approximate surface area is 135 Å². The standard InChI is InChI=1S/C20H26OSi/c1-6-10-20(19-14-13-17(21-3)15-16(19)2)22(4,5)18-11-8-7-9-12-18/h6-15,20H,1-5H3/b10-6+/t20-/m0/s1. The first-order valence-corrected chi connectivity index (χ1v) is 10.9. The van der Waals surface area contributed by atoms with E-state index in [2.05, 4.69) is 87.6 Å². The van der Waals surface area contributed by atoms with Gasteiger partial charge in [-0.1, -0.05) is 66.8 Å². The Morgan fingerprint density at radius 2 is 1.73 bits per heavy atom. The molecule has 0 aliphatic rings. The van der Waals surface area contributed by atoms with Gasteiger partial charge in [-0.05, 0) is 37.1 Å². The van der Waals surface area contributed by atoms with Crippen molar-refractivity contribution in [2.24, 2.45) is 0 Å². The smallest absolute Gasteiger partial charge is 0.119 e. The largest absolute Gasteiger partial charge is 0.497 e. The summed E-state index contributed by atoms with van der Waals surface area (Å²) in [4.78, 5) is 0. The van der Waals surface area contributed by atoms with E-state index in [1.165, 1.54) is 16.3 Å². The van der Waals surface area contributed by atoms with Crippen LogP contribution in [0.25, 0.3) is 0 Å². The molecule has 0 aliphatic heterocycles. The van der Waals surface area contributed by atoms with Crippen LogP contribution in [0.15, 0.2) is 60.7 Å². The number of allylic oxidation sites excluding steroid dienone is 2. The lowest BCUT2D eigenvalue weighted by Crippen LogP contribution is -2.47. The molecule has 0 aliphatic carbocycles. The van der Waals surface area contributed by atoms with Gasteiger partial charge in [0.25, 0.3) is 0 Å². The van der Waals surface area contributed by atoms with Gasteiger partial charge in [0, 0.05) is 5.54 Å². The van der Waals surface area contributed by atoms with Crippen LogP contribution in [-0.2, 0) is 0 Å². The number of ether oxygens (including phenoxy) is 1. The summed E-state index contributed by atoms with van der Waals surface area (Å²) >= 11 is 0. The molecule has 0 radical (unpaired) electrons. The molecule has 116 valence electrons. The molecule has 0 bridgehead atoms. The van der Waals surface area contributed by atoms with E-state index < -0.39 is 8.07 Å². The summed E-state index contributed by atoms with van der Waals surface area (Å²) in [6, 6.07) is 17.4. The van der Waals surface area contributed by atoms with Crippen molar-refractivity contribution in [2.45, 2.75) is 32.5 Å². The van der Waals surface area contributed by atoms with Gasteiger partial charge in [-0.3, -0.25) is 0 Å². The van der Waals surface area contributed by atoms with E-state index in [-0.39, 0.29) is 0 Å². The van der Waals surface area contributed by atoms with Crippen LogP contribution in [0.3, 0.4) is 0 Å². The Morgan fingerprint density at radius 1 is 1.05 bits per heavy atom. The Hall–Kier alpha value is -1.80. The van der Waals surface area contributed by atoms with E-state index >= 15 is 0 Å². The molecule has 0 fully saturated rings. The number of methoxy groups -OCH3 is 1. The molecule has 0 unspecified atom stereocenters. The molecule has 0 saturated heterocycles. The first-order valence-electron chi connectivity index (χ1n) is 7.83. The van der Waals surface area contributed by atoms with Crippen molar-refractivity contribution in [1.29, 1.82) is 0 Å². The molecule has 0 N–H and O–H groups in total. The first-order chi connectivity index (χ1) is 10.5. The highest BCUT2D eigenvalue weighted by atomic mass is 28.3. The van der Waals surface area contributed by atoms with Gasteiger partial charge in [-0.2, -0.15) is 0 Å². The van der Waals surface area contributed by atoms with Crippen molar-refractivity contribution < 1.29 is 4.74 Å². The van der Waals surface area contributed by atoms with Crippen LogP contribution < -0.4 is 9.92 Å². The zero-order valence-corrected chi connectivity index (χ0v) is 15.3. The predicted octanol–water partition coefficient (Wildman–Crippen LogP) is 4.82. The topological polar surface area (TPSA) is 9.23 Å². The lowest BCUT2D eigenvalue weighted by atomic mass is 10.0. The Kier molecular flexibility index (Phi) is 5.25. The van der Waals surface area contributed by atoms with E-state index in [0.717, 1.165) is 5.75 Å². The normalized spacial score (nSPS) is 13.3. The Bertz CT molecular complexity index is 644. The van der Waals surface area contributed by atoms with Crippen molar-refractivity contribution >= 4 is 13.3 Å². The lowest BCUT2D eigenvalue weighted by Gasteiger charge is -2.32. The van der Waals surface area contributed by atoms with Gasteiger partial charge in [0.1, 0.15) is 5.75 Å². The van der Waals surface area contributed by atoms with Gasteiger partial charge in [0.2, 0.25) is 0 Å². The molecule has 0 aromatic heterocycles. The van der Waals surface area contributed by atoms with Gasteiger partial charge >= 0.3 is 0 Å². The zero-order chi connectivity index (χ0) is 16.2. The summed E-state index contributed by atoms with van der Waals surface area (Å²) in [5.41, 5.74) is 3.18. The number of hydrogen-bond acceptors (Lipinski definition) is 1. The maximum atomic E-state index is 5.35. The Morgan fingerprint density at radius 3 is 2.27 bits per heavy atom. The maximum Gasteiger partial charge on any atom is 0.119 e. The average molecular weight is 311 g/mol. The van der Waals surface area contributed by atoms with Crippen molar-refractivity contribution in [3.05, 3.63) is 71.8 Å². The van der Waals surface area contributed by atoms with Gasteiger partial charge in [-0.25, -0.2) is 0 Å². The number of hydrogen-bond donors (Lipinski definition) is 0. The first kappa shape index (κ1) is 16.6. The second kappa shape index (κ2) is 6.97. The van der Waals surface area contributed by atoms with Crippen LogP contribution in [0.1, 0.15) is 23.6 Å².